The highest BCUT2D eigenvalue weighted by Gasteiger charge is 2.16. The zero-order valence-corrected chi connectivity index (χ0v) is 14.6. The van der Waals surface area contributed by atoms with Gasteiger partial charge in [-0.2, -0.15) is 4.98 Å². The van der Waals surface area contributed by atoms with Gasteiger partial charge < -0.3 is 15.2 Å². The van der Waals surface area contributed by atoms with E-state index >= 15 is 0 Å². The Balaban J connectivity index is 1.96. The number of amides is 1. The Morgan fingerprint density at radius 3 is 2.61 bits per heavy atom. The molecule has 0 spiro atoms. The third-order valence-corrected chi connectivity index (χ3v) is 4.40. The van der Waals surface area contributed by atoms with Crippen molar-refractivity contribution in [3.8, 4) is 0 Å². The number of hydrogen-bond acceptors (Lipinski definition) is 6. The number of rotatable bonds is 7. The van der Waals surface area contributed by atoms with E-state index in [1.54, 1.807) is 11.8 Å². The van der Waals surface area contributed by atoms with Crippen LogP contribution in [0.25, 0.3) is 0 Å². The number of benzene rings is 1. The summed E-state index contributed by atoms with van der Waals surface area (Å²) >= 11 is 1.64. The van der Waals surface area contributed by atoms with Gasteiger partial charge >= 0.3 is 0 Å². The third kappa shape index (κ3) is 5.37. The first-order valence-corrected chi connectivity index (χ1v) is 8.40. The number of likely N-dealkylation sites (N-methyl/N-ethyl adjacent to an activating group) is 1. The van der Waals surface area contributed by atoms with Crippen molar-refractivity contribution in [3.05, 3.63) is 36.0 Å². The van der Waals surface area contributed by atoms with Crippen LogP contribution in [-0.2, 0) is 11.2 Å². The molecule has 1 aromatic carbocycles. The van der Waals surface area contributed by atoms with E-state index in [1.807, 2.05) is 38.2 Å². The predicted molar refractivity (Wildman–Crippen MR) is 91.5 cm³/mol. The van der Waals surface area contributed by atoms with Crippen LogP contribution in [0.2, 0.25) is 0 Å². The Morgan fingerprint density at radius 1 is 1.30 bits per heavy atom. The second-order valence-corrected chi connectivity index (χ2v) is 6.82. The van der Waals surface area contributed by atoms with Crippen LogP contribution < -0.4 is 10.6 Å². The average molecular weight is 334 g/mol. The summed E-state index contributed by atoms with van der Waals surface area (Å²) in [6.07, 6.45) is 0.739. The minimum atomic E-state index is -0.0760. The minimum Gasteiger partial charge on any atom is -0.338 e. The van der Waals surface area contributed by atoms with Gasteiger partial charge in [0.05, 0.1) is 5.25 Å². The molecule has 1 aromatic heterocycles. The first-order valence-electron chi connectivity index (χ1n) is 7.52. The molecule has 0 bridgehead atoms. The van der Waals surface area contributed by atoms with Gasteiger partial charge in [0.15, 0.2) is 5.82 Å². The average Bonchev–Trinajstić information content (AvgIpc) is 2.97. The fourth-order valence-corrected chi connectivity index (χ4v) is 2.86. The molecule has 0 aliphatic carbocycles. The highest BCUT2D eigenvalue weighted by Crippen LogP contribution is 2.34. The monoisotopic (exact) mass is 334 g/mol. The van der Waals surface area contributed by atoms with Crippen molar-refractivity contribution in [2.24, 2.45) is 0 Å². The predicted octanol–water partition coefficient (Wildman–Crippen LogP) is 3.03. The molecule has 0 aliphatic rings. The highest BCUT2D eigenvalue weighted by molar-refractivity contribution is 7.99. The highest BCUT2D eigenvalue weighted by atomic mass is 32.2. The summed E-state index contributed by atoms with van der Waals surface area (Å²) in [4.78, 5) is 16.5. The molecule has 0 radical (unpaired) electrons. The molecule has 7 heteroatoms. The van der Waals surface area contributed by atoms with E-state index in [-0.39, 0.29) is 11.2 Å². The first-order chi connectivity index (χ1) is 11.0. The second kappa shape index (κ2) is 8.12. The number of carbonyl (C=O) groups excluding carboxylic acids is 1. The van der Waals surface area contributed by atoms with Crippen molar-refractivity contribution in [1.29, 1.82) is 0 Å². The van der Waals surface area contributed by atoms with E-state index in [0.717, 1.165) is 22.8 Å². The van der Waals surface area contributed by atoms with Crippen LogP contribution in [0.1, 0.15) is 37.7 Å². The maximum Gasteiger partial charge on any atom is 0.239 e. The summed E-state index contributed by atoms with van der Waals surface area (Å²) in [6, 6.07) is 8.00. The zero-order chi connectivity index (χ0) is 16.8. The van der Waals surface area contributed by atoms with Gasteiger partial charge in [-0.1, -0.05) is 5.16 Å². The number of carbonyl (C=O) groups is 1. The number of anilines is 1. The minimum absolute atomic E-state index is 0.0627. The molecular weight excluding hydrogens is 312 g/mol. The van der Waals surface area contributed by atoms with Crippen molar-refractivity contribution in [2.75, 3.05) is 12.4 Å². The Morgan fingerprint density at radius 2 is 2.00 bits per heavy atom. The van der Waals surface area contributed by atoms with Crippen LogP contribution >= 0.6 is 11.8 Å². The SMILES string of the molecule is CNC(C)Cc1noc(C(C)Sc2ccc(NC(C)=O)cc2)n1. The van der Waals surface area contributed by atoms with E-state index in [4.69, 9.17) is 4.52 Å². The fraction of sp³-hybridized carbons (Fsp3) is 0.438. The Labute approximate surface area is 140 Å². The van der Waals surface area contributed by atoms with Gasteiger partial charge in [-0.3, -0.25) is 4.79 Å². The Kier molecular flexibility index (Phi) is 6.18. The molecule has 1 amide bonds. The smallest absolute Gasteiger partial charge is 0.239 e. The normalized spacial score (nSPS) is 13.6. The molecule has 2 rings (SSSR count). The molecule has 0 saturated carbocycles. The lowest BCUT2D eigenvalue weighted by atomic mass is 10.2. The fourth-order valence-electron chi connectivity index (χ4n) is 1.97. The lowest BCUT2D eigenvalue weighted by Gasteiger charge is -2.08. The second-order valence-electron chi connectivity index (χ2n) is 5.41. The Bertz CT molecular complexity index is 642. The first kappa shape index (κ1) is 17.5. The van der Waals surface area contributed by atoms with Crippen LogP contribution in [0.5, 0.6) is 0 Å². The molecule has 0 fully saturated rings. The molecule has 124 valence electrons. The van der Waals surface area contributed by atoms with Gasteiger partial charge in [0.2, 0.25) is 11.8 Å². The van der Waals surface area contributed by atoms with E-state index in [0.29, 0.717) is 11.9 Å². The molecule has 0 saturated heterocycles. The third-order valence-electron chi connectivity index (χ3n) is 3.30. The molecule has 2 unspecified atom stereocenters. The largest absolute Gasteiger partial charge is 0.338 e. The maximum atomic E-state index is 11.0. The van der Waals surface area contributed by atoms with Crippen LogP contribution in [0.4, 0.5) is 5.69 Å². The molecule has 23 heavy (non-hydrogen) atoms. The van der Waals surface area contributed by atoms with Gasteiger partial charge in [0.1, 0.15) is 0 Å². The van der Waals surface area contributed by atoms with Gasteiger partial charge in [0.25, 0.3) is 0 Å². The molecule has 1 heterocycles. The lowest BCUT2D eigenvalue weighted by molar-refractivity contribution is -0.114. The van der Waals surface area contributed by atoms with Crippen LogP contribution in [0.15, 0.2) is 33.7 Å². The number of thioether (sulfide) groups is 1. The summed E-state index contributed by atoms with van der Waals surface area (Å²) in [7, 11) is 1.91. The topological polar surface area (TPSA) is 80.0 Å². The summed E-state index contributed by atoms with van der Waals surface area (Å²) in [5.74, 6) is 1.27. The summed E-state index contributed by atoms with van der Waals surface area (Å²) < 4.78 is 5.35. The van der Waals surface area contributed by atoms with Gasteiger partial charge in [0, 0.05) is 30.0 Å². The van der Waals surface area contributed by atoms with Crippen molar-refractivity contribution in [1.82, 2.24) is 15.5 Å². The van der Waals surface area contributed by atoms with Crippen molar-refractivity contribution in [2.45, 2.75) is 43.4 Å². The quantitative estimate of drug-likeness (QED) is 0.758. The number of hydrogen-bond donors (Lipinski definition) is 2. The Hall–Kier alpha value is -1.86. The summed E-state index contributed by atoms with van der Waals surface area (Å²) in [6.45, 7) is 5.60. The standard InChI is InChI=1S/C16H22N4O2S/c1-10(17-4)9-15-19-16(22-20-15)11(2)23-14-7-5-13(6-8-14)18-12(3)21/h5-8,10-11,17H,9H2,1-4H3,(H,18,21). The van der Waals surface area contributed by atoms with Crippen LogP contribution in [0.3, 0.4) is 0 Å². The van der Waals surface area contributed by atoms with Crippen LogP contribution in [-0.4, -0.2) is 29.1 Å². The molecule has 2 atom stereocenters. The van der Waals surface area contributed by atoms with Crippen molar-refractivity contribution in [3.63, 3.8) is 0 Å². The van der Waals surface area contributed by atoms with Gasteiger partial charge in [-0.25, -0.2) is 0 Å². The van der Waals surface area contributed by atoms with Crippen LogP contribution in [0, 0.1) is 0 Å². The molecule has 6 nitrogen and oxygen atoms in total. The number of nitrogens with one attached hydrogen (secondary N) is 2. The van der Waals surface area contributed by atoms with Crippen molar-refractivity contribution >= 4 is 23.4 Å². The number of nitrogens with zero attached hydrogens (tertiary/aromatic N) is 2. The van der Waals surface area contributed by atoms with E-state index in [9.17, 15) is 4.79 Å². The van der Waals surface area contributed by atoms with E-state index < -0.39 is 0 Å². The molecule has 0 aliphatic heterocycles. The van der Waals surface area contributed by atoms with Gasteiger partial charge in [-0.15, -0.1) is 11.8 Å². The molecule has 2 N–H and O–H groups in total. The van der Waals surface area contributed by atoms with Gasteiger partial charge in [-0.05, 0) is 45.2 Å². The molecular formula is C16H22N4O2S. The lowest BCUT2D eigenvalue weighted by Crippen LogP contribution is -2.24. The summed E-state index contributed by atoms with van der Waals surface area (Å²) in [5.41, 5.74) is 0.788. The number of aromatic nitrogens is 2. The van der Waals surface area contributed by atoms with E-state index in [1.165, 1.54) is 6.92 Å². The maximum absolute atomic E-state index is 11.0. The zero-order valence-electron chi connectivity index (χ0n) is 13.8. The van der Waals surface area contributed by atoms with E-state index in [2.05, 4.69) is 27.7 Å². The van der Waals surface area contributed by atoms with Crippen molar-refractivity contribution < 1.29 is 9.32 Å². The molecule has 2 aromatic rings. The summed E-state index contributed by atoms with van der Waals surface area (Å²) in [5, 5.41) is 9.99.